The molecule has 1 aromatic heterocycles. The van der Waals surface area contributed by atoms with E-state index < -0.39 is 0 Å². The van der Waals surface area contributed by atoms with E-state index in [0.29, 0.717) is 4.47 Å². The summed E-state index contributed by atoms with van der Waals surface area (Å²) in [6, 6.07) is 9.59. The number of phenols is 1. The molecule has 0 saturated heterocycles. The van der Waals surface area contributed by atoms with Crippen molar-refractivity contribution in [2.45, 2.75) is 26.4 Å². The summed E-state index contributed by atoms with van der Waals surface area (Å²) in [4.78, 5) is 0. The fourth-order valence-electron chi connectivity index (χ4n) is 1.72. The number of aromatic hydroxyl groups is 1. The first-order valence-electron chi connectivity index (χ1n) is 5.83. The largest absolute Gasteiger partial charge is 0.507 e. The smallest absolute Gasteiger partial charge is 0.129 e. The molecule has 0 aliphatic rings. The van der Waals surface area contributed by atoms with Gasteiger partial charge in [0.05, 0.1) is 10.5 Å². The molecular formula is C14H16BrNO2. The van der Waals surface area contributed by atoms with Crippen LogP contribution in [-0.4, -0.2) is 5.11 Å². The third-order valence-corrected chi connectivity index (χ3v) is 3.45. The molecule has 2 aromatic rings. The monoisotopic (exact) mass is 309 g/mol. The summed E-state index contributed by atoms with van der Waals surface area (Å²) < 4.78 is 6.28. The lowest BCUT2D eigenvalue weighted by Gasteiger charge is -2.11. The second-order valence-electron chi connectivity index (χ2n) is 4.34. The molecule has 0 aliphatic heterocycles. The van der Waals surface area contributed by atoms with Crippen LogP contribution in [0.25, 0.3) is 0 Å². The average Bonchev–Trinajstić information content (AvgIpc) is 2.77. The Labute approximate surface area is 115 Å². The van der Waals surface area contributed by atoms with Crippen LogP contribution in [-0.2, 0) is 6.54 Å². The Bertz CT molecular complexity index is 536. The molecule has 96 valence electrons. The number of hydrogen-bond acceptors (Lipinski definition) is 3. The Hall–Kier alpha value is -1.26. The van der Waals surface area contributed by atoms with Crippen LogP contribution in [0.1, 0.15) is 30.0 Å². The lowest BCUT2D eigenvalue weighted by atomic mass is 10.2. The van der Waals surface area contributed by atoms with Crippen molar-refractivity contribution in [1.82, 2.24) is 5.32 Å². The molecular weight excluding hydrogens is 294 g/mol. The quantitative estimate of drug-likeness (QED) is 0.900. The highest BCUT2D eigenvalue weighted by Crippen LogP contribution is 2.24. The van der Waals surface area contributed by atoms with Crippen molar-refractivity contribution >= 4 is 15.9 Å². The predicted molar refractivity (Wildman–Crippen MR) is 74.5 cm³/mol. The van der Waals surface area contributed by atoms with Crippen LogP contribution in [0.2, 0.25) is 0 Å². The third-order valence-electron chi connectivity index (χ3n) is 2.81. The Morgan fingerprint density at radius 1 is 1.33 bits per heavy atom. The number of aryl methyl sites for hydroxylation is 1. The Morgan fingerprint density at radius 3 is 2.72 bits per heavy atom. The fourth-order valence-corrected chi connectivity index (χ4v) is 2.14. The number of nitrogens with one attached hydrogen (secondary N) is 1. The molecule has 0 spiro atoms. The average molecular weight is 310 g/mol. The lowest BCUT2D eigenvalue weighted by Crippen LogP contribution is -2.17. The molecule has 3 nitrogen and oxygen atoms in total. The van der Waals surface area contributed by atoms with Gasteiger partial charge in [0.25, 0.3) is 0 Å². The lowest BCUT2D eigenvalue weighted by molar-refractivity contribution is 0.415. The molecule has 1 heterocycles. The van der Waals surface area contributed by atoms with Crippen LogP contribution in [0.15, 0.2) is 39.2 Å². The maximum Gasteiger partial charge on any atom is 0.129 e. The Kier molecular flexibility index (Phi) is 4.09. The predicted octanol–water partition coefficient (Wildman–Crippen LogP) is 3.91. The van der Waals surface area contributed by atoms with Crippen LogP contribution < -0.4 is 5.32 Å². The van der Waals surface area contributed by atoms with E-state index in [9.17, 15) is 5.11 Å². The van der Waals surface area contributed by atoms with Gasteiger partial charge in [0.1, 0.15) is 17.3 Å². The number of benzene rings is 1. The fraction of sp³-hybridized carbons (Fsp3) is 0.286. The minimum absolute atomic E-state index is 0.159. The Balaban J connectivity index is 1.97. The van der Waals surface area contributed by atoms with Crippen LogP contribution >= 0.6 is 15.9 Å². The van der Waals surface area contributed by atoms with Crippen molar-refractivity contribution in [3.8, 4) is 5.75 Å². The first-order chi connectivity index (χ1) is 8.56. The van der Waals surface area contributed by atoms with Gasteiger partial charge in [-0.15, -0.1) is 0 Å². The summed E-state index contributed by atoms with van der Waals surface area (Å²) in [7, 11) is 0. The molecule has 1 atom stereocenters. The number of furan rings is 1. The molecule has 18 heavy (non-hydrogen) atoms. The zero-order valence-electron chi connectivity index (χ0n) is 10.4. The molecule has 0 amide bonds. The van der Waals surface area contributed by atoms with Crippen LogP contribution in [0, 0.1) is 6.92 Å². The molecule has 1 aromatic carbocycles. The summed E-state index contributed by atoms with van der Waals surface area (Å²) >= 11 is 3.31. The first kappa shape index (κ1) is 13.2. The van der Waals surface area contributed by atoms with Gasteiger partial charge in [-0.1, -0.05) is 6.07 Å². The SMILES string of the molecule is Cc1ccc(C(C)NCc2ccc(O)c(Br)c2)o1. The highest BCUT2D eigenvalue weighted by atomic mass is 79.9. The van der Waals surface area contributed by atoms with Crippen molar-refractivity contribution in [1.29, 1.82) is 0 Å². The summed E-state index contributed by atoms with van der Waals surface area (Å²) in [6.45, 7) is 4.72. The summed E-state index contributed by atoms with van der Waals surface area (Å²) in [5.74, 6) is 2.12. The standard InChI is InChI=1S/C14H16BrNO2/c1-9-3-6-14(18-9)10(2)16-8-11-4-5-13(17)12(15)7-11/h3-7,10,16-17H,8H2,1-2H3. The van der Waals surface area contributed by atoms with Crippen molar-refractivity contribution in [2.75, 3.05) is 0 Å². The molecule has 0 fully saturated rings. The molecule has 4 heteroatoms. The number of phenolic OH excluding ortho intramolecular Hbond substituents is 1. The normalized spacial score (nSPS) is 12.6. The zero-order chi connectivity index (χ0) is 13.1. The van der Waals surface area contributed by atoms with E-state index in [4.69, 9.17) is 4.42 Å². The van der Waals surface area contributed by atoms with Crippen LogP contribution in [0.5, 0.6) is 5.75 Å². The molecule has 0 saturated carbocycles. The minimum atomic E-state index is 0.159. The minimum Gasteiger partial charge on any atom is -0.507 e. The molecule has 0 bridgehead atoms. The third kappa shape index (κ3) is 3.15. The van der Waals surface area contributed by atoms with Crippen molar-refractivity contribution in [3.05, 3.63) is 51.9 Å². The highest BCUT2D eigenvalue weighted by Gasteiger charge is 2.09. The Morgan fingerprint density at radius 2 is 2.11 bits per heavy atom. The van der Waals surface area contributed by atoms with Gasteiger partial charge < -0.3 is 14.8 Å². The van der Waals surface area contributed by atoms with Gasteiger partial charge in [-0.3, -0.25) is 0 Å². The number of halogens is 1. The van der Waals surface area contributed by atoms with E-state index in [0.717, 1.165) is 23.6 Å². The van der Waals surface area contributed by atoms with E-state index in [1.807, 2.05) is 31.2 Å². The van der Waals surface area contributed by atoms with Crippen molar-refractivity contribution in [2.24, 2.45) is 0 Å². The van der Waals surface area contributed by atoms with Gasteiger partial charge in [-0.25, -0.2) is 0 Å². The van der Waals surface area contributed by atoms with Crippen LogP contribution in [0.4, 0.5) is 0 Å². The van der Waals surface area contributed by atoms with Gasteiger partial charge in [0.2, 0.25) is 0 Å². The van der Waals surface area contributed by atoms with Gasteiger partial charge >= 0.3 is 0 Å². The first-order valence-corrected chi connectivity index (χ1v) is 6.62. The zero-order valence-corrected chi connectivity index (χ0v) is 12.0. The van der Waals surface area contributed by atoms with Gasteiger partial charge in [0, 0.05) is 6.54 Å². The van der Waals surface area contributed by atoms with E-state index >= 15 is 0 Å². The molecule has 0 radical (unpaired) electrons. The number of hydrogen-bond donors (Lipinski definition) is 2. The maximum absolute atomic E-state index is 9.42. The number of rotatable bonds is 4. The second-order valence-corrected chi connectivity index (χ2v) is 5.19. The van der Waals surface area contributed by atoms with Crippen molar-refractivity contribution < 1.29 is 9.52 Å². The van der Waals surface area contributed by atoms with E-state index in [1.165, 1.54) is 0 Å². The van der Waals surface area contributed by atoms with Gasteiger partial charge in [-0.2, -0.15) is 0 Å². The van der Waals surface area contributed by atoms with Gasteiger partial charge in [0.15, 0.2) is 0 Å². The van der Waals surface area contributed by atoms with E-state index in [2.05, 4.69) is 28.2 Å². The van der Waals surface area contributed by atoms with Crippen LogP contribution in [0.3, 0.4) is 0 Å². The summed E-state index contributed by atoms with van der Waals surface area (Å²) in [5, 5.41) is 12.8. The highest BCUT2D eigenvalue weighted by molar-refractivity contribution is 9.10. The molecule has 2 N–H and O–H groups in total. The summed E-state index contributed by atoms with van der Waals surface area (Å²) in [6.07, 6.45) is 0. The van der Waals surface area contributed by atoms with Crippen molar-refractivity contribution in [3.63, 3.8) is 0 Å². The summed E-state index contributed by atoms with van der Waals surface area (Å²) in [5.41, 5.74) is 1.11. The second kappa shape index (κ2) is 5.59. The maximum atomic E-state index is 9.42. The topological polar surface area (TPSA) is 45.4 Å². The van der Waals surface area contributed by atoms with Gasteiger partial charge in [-0.05, 0) is 59.6 Å². The molecule has 2 rings (SSSR count). The molecule has 1 unspecified atom stereocenters. The molecule has 0 aliphatic carbocycles. The van der Waals surface area contributed by atoms with E-state index in [-0.39, 0.29) is 11.8 Å². The van der Waals surface area contributed by atoms with E-state index in [1.54, 1.807) is 6.07 Å².